The van der Waals surface area contributed by atoms with Crippen LogP contribution in [0.1, 0.15) is 69.6 Å². The first-order chi connectivity index (χ1) is 10.7. The van der Waals surface area contributed by atoms with Crippen LogP contribution in [0.5, 0.6) is 0 Å². The van der Waals surface area contributed by atoms with Crippen molar-refractivity contribution in [3.05, 3.63) is 34.9 Å². The molecule has 0 spiro atoms. The summed E-state index contributed by atoms with van der Waals surface area (Å²) < 4.78 is 0. The van der Waals surface area contributed by atoms with E-state index >= 15 is 0 Å². The number of aryl methyl sites for hydroxylation is 1. The molecule has 2 aliphatic rings. The van der Waals surface area contributed by atoms with E-state index < -0.39 is 22.9 Å². The molecule has 0 amide bonds. The van der Waals surface area contributed by atoms with E-state index in [1.165, 1.54) is 11.1 Å². The lowest BCUT2D eigenvalue weighted by Crippen LogP contribution is -2.58. The molecular formula is C20H28O3. The second-order valence-corrected chi connectivity index (χ2v) is 8.22. The van der Waals surface area contributed by atoms with E-state index in [0.717, 1.165) is 18.4 Å². The van der Waals surface area contributed by atoms with Crippen LogP contribution >= 0.6 is 0 Å². The van der Waals surface area contributed by atoms with Gasteiger partial charge in [0.25, 0.3) is 0 Å². The van der Waals surface area contributed by atoms with Crippen molar-refractivity contribution < 1.29 is 15.0 Å². The number of aliphatic hydroxyl groups is 1. The number of hydrogen-bond donors (Lipinski definition) is 2. The van der Waals surface area contributed by atoms with Gasteiger partial charge in [-0.1, -0.05) is 39.0 Å². The molecule has 0 radical (unpaired) electrons. The minimum Gasteiger partial charge on any atom is -0.481 e. The minimum absolute atomic E-state index is 0.0198. The van der Waals surface area contributed by atoms with Crippen molar-refractivity contribution in [1.82, 2.24) is 0 Å². The third-order valence-electron chi connectivity index (χ3n) is 6.69. The summed E-state index contributed by atoms with van der Waals surface area (Å²) in [5, 5.41) is 20.6. The lowest BCUT2D eigenvalue weighted by Gasteiger charge is -2.55. The molecule has 0 bridgehead atoms. The molecule has 4 atom stereocenters. The lowest BCUT2D eigenvalue weighted by atomic mass is 9.48. The molecule has 2 aliphatic carbocycles. The van der Waals surface area contributed by atoms with E-state index in [-0.39, 0.29) is 5.92 Å². The van der Waals surface area contributed by atoms with Gasteiger partial charge in [0.15, 0.2) is 0 Å². The minimum atomic E-state index is -0.748. The van der Waals surface area contributed by atoms with Crippen LogP contribution in [-0.2, 0) is 16.6 Å². The van der Waals surface area contributed by atoms with Crippen LogP contribution in [0, 0.1) is 11.3 Å². The molecule has 3 nitrogen and oxygen atoms in total. The highest BCUT2D eigenvalue weighted by molar-refractivity contribution is 5.75. The Hall–Kier alpha value is -1.35. The molecule has 23 heavy (non-hydrogen) atoms. The van der Waals surface area contributed by atoms with Crippen molar-refractivity contribution in [2.45, 2.75) is 70.8 Å². The van der Waals surface area contributed by atoms with Gasteiger partial charge in [0.2, 0.25) is 0 Å². The van der Waals surface area contributed by atoms with Gasteiger partial charge in [-0.25, -0.2) is 0 Å². The first kappa shape index (κ1) is 16.5. The Morgan fingerprint density at radius 2 is 1.96 bits per heavy atom. The Morgan fingerprint density at radius 3 is 2.57 bits per heavy atom. The average Bonchev–Trinajstić information content (AvgIpc) is 2.50. The normalized spacial score (nSPS) is 36.4. The SMILES string of the molecule is CC(C)c1ccc2c(c1)CC[C@@H]1[C@]2(C)[C@@H](O)CC[C@@]1(C)C(=O)O. The van der Waals surface area contributed by atoms with Gasteiger partial charge < -0.3 is 10.2 Å². The van der Waals surface area contributed by atoms with E-state index in [1.807, 2.05) is 6.92 Å². The maximum absolute atomic E-state index is 12.0. The van der Waals surface area contributed by atoms with Gasteiger partial charge in [-0.05, 0) is 61.1 Å². The zero-order valence-corrected chi connectivity index (χ0v) is 14.6. The van der Waals surface area contributed by atoms with Gasteiger partial charge in [-0.2, -0.15) is 0 Å². The van der Waals surface area contributed by atoms with Crippen LogP contribution in [0.3, 0.4) is 0 Å². The van der Waals surface area contributed by atoms with Crippen molar-refractivity contribution >= 4 is 5.97 Å². The van der Waals surface area contributed by atoms with Gasteiger partial charge in [-0.15, -0.1) is 0 Å². The Kier molecular flexibility index (Phi) is 3.83. The molecule has 0 aliphatic heterocycles. The zero-order chi connectivity index (χ0) is 17.0. The third kappa shape index (κ3) is 2.24. The maximum Gasteiger partial charge on any atom is 0.309 e. The summed E-state index contributed by atoms with van der Waals surface area (Å²) in [6.45, 7) is 8.32. The summed E-state index contributed by atoms with van der Waals surface area (Å²) in [6, 6.07) is 6.56. The number of carbonyl (C=O) groups is 1. The fourth-order valence-electron chi connectivity index (χ4n) is 5.05. The lowest BCUT2D eigenvalue weighted by molar-refractivity contribution is -0.162. The molecule has 0 aromatic heterocycles. The molecule has 1 aromatic carbocycles. The standard InChI is InChI=1S/C20H28O3/c1-12(2)13-5-7-15-14(11-13)6-8-16-19(3,18(22)23)10-9-17(21)20(15,16)4/h5,7,11-12,16-17,21H,6,8-10H2,1-4H3,(H,22,23)/t16-,17-,19+,20+/m0/s1. The molecule has 3 rings (SSSR count). The molecule has 0 unspecified atom stereocenters. The Bertz CT molecular complexity index is 636. The largest absolute Gasteiger partial charge is 0.481 e. The van der Waals surface area contributed by atoms with E-state index in [2.05, 4.69) is 39.0 Å². The average molecular weight is 316 g/mol. The fraction of sp³-hybridized carbons (Fsp3) is 0.650. The number of carboxylic acid groups (broad SMARTS) is 1. The fourth-order valence-corrected chi connectivity index (χ4v) is 5.05. The Balaban J connectivity index is 2.13. The Morgan fingerprint density at radius 1 is 1.26 bits per heavy atom. The van der Waals surface area contributed by atoms with Crippen molar-refractivity contribution in [2.24, 2.45) is 11.3 Å². The van der Waals surface area contributed by atoms with E-state index in [9.17, 15) is 15.0 Å². The van der Waals surface area contributed by atoms with E-state index in [4.69, 9.17) is 0 Å². The predicted molar refractivity (Wildman–Crippen MR) is 90.7 cm³/mol. The number of aliphatic hydroxyl groups excluding tert-OH is 1. The Labute approximate surface area is 138 Å². The molecule has 3 heteroatoms. The summed E-state index contributed by atoms with van der Waals surface area (Å²) in [5.74, 6) is -0.261. The molecule has 1 aromatic rings. The molecule has 1 fully saturated rings. The van der Waals surface area contributed by atoms with Crippen molar-refractivity contribution in [2.75, 3.05) is 0 Å². The maximum atomic E-state index is 12.0. The van der Waals surface area contributed by atoms with Crippen LogP contribution in [0.4, 0.5) is 0 Å². The van der Waals surface area contributed by atoms with Gasteiger partial charge in [0.05, 0.1) is 11.5 Å². The van der Waals surface area contributed by atoms with Crippen molar-refractivity contribution in [3.63, 3.8) is 0 Å². The summed E-state index contributed by atoms with van der Waals surface area (Å²) in [5.41, 5.74) is 2.57. The van der Waals surface area contributed by atoms with Gasteiger partial charge in [-0.3, -0.25) is 4.79 Å². The highest BCUT2D eigenvalue weighted by Crippen LogP contribution is 2.57. The molecule has 2 N–H and O–H groups in total. The van der Waals surface area contributed by atoms with Crippen molar-refractivity contribution in [3.8, 4) is 0 Å². The second kappa shape index (κ2) is 5.34. The quantitative estimate of drug-likeness (QED) is 0.870. The molecule has 1 saturated carbocycles. The monoisotopic (exact) mass is 316 g/mol. The van der Waals surface area contributed by atoms with Crippen LogP contribution < -0.4 is 0 Å². The number of rotatable bonds is 2. The van der Waals surface area contributed by atoms with E-state index in [0.29, 0.717) is 18.8 Å². The highest BCUT2D eigenvalue weighted by Gasteiger charge is 2.58. The molecular weight excluding hydrogens is 288 g/mol. The summed E-state index contributed by atoms with van der Waals surface area (Å²) in [6.07, 6.45) is 2.39. The number of carboxylic acids is 1. The van der Waals surface area contributed by atoms with Crippen LogP contribution in [0.2, 0.25) is 0 Å². The van der Waals surface area contributed by atoms with E-state index in [1.54, 1.807) is 0 Å². The predicted octanol–water partition coefficient (Wildman–Crippen LogP) is 3.88. The molecule has 126 valence electrons. The second-order valence-electron chi connectivity index (χ2n) is 8.22. The topological polar surface area (TPSA) is 57.5 Å². The van der Waals surface area contributed by atoms with Crippen molar-refractivity contribution in [1.29, 1.82) is 0 Å². The number of hydrogen-bond acceptors (Lipinski definition) is 2. The van der Waals surface area contributed by atoms with Gasteiger partial charge >= 0.3 is 5.97 Å². The molecule has 0 heterocycles. The number of benzene rings is 1. The summed E-state index contributed by atoms with van der Waals surface area (Å²) in [7, 11) is 0. The summed E-state index contributed by atoms with van der Waals surface area (Å²) >= 11 is 0. The van der Waals surface area contributed by atoms with Crippen LogP contribution in [-0.4, -0.2) is 22.3 Å². The first-order valence-electron chi connectivity index (χ1n) is 8.76. The third-order valence-corrected chi connectivity index (χ3v) is 6.69. The smallest absolute Gasteiger partial charge is 0.309 e. The number of aliphatic carboxylic acids is 1. The number of fused-ring (bicyclic) bond motifs is 3. The first-order valence-corrected chi connectivity index (χ1v) is 8.76. The van der Waals surface area contributed by atoms with Crippen LogP contribution in [0.15, 0.2) is 18.2 Å². The zero-order valence-electron chi connectivity index (χ0n) is 14.6. The highest BCUT2D eigenvalue weighted by atomic mass is 16.4. The van der Waals surface area contributed by atoms with Gasteiger partial charge in [0, 0.05) is 5.41 Å². The molecule has 0 saturated heterocycles. The summed E-state index contributed by atoms with van der Waals surface area (Å²) in [4.78, 5) is 12.0. The van der Waals surface area contributed by atoms with Gasteiger partial charge in [0.1, 0.15) is 0 Å². The van der Waals surface area contributed by atoms with Crippen LogP contribution in [0.25, 0.3) is 0 Å².